The lowest BCUT2D eigenvalue weighted by atomic mass is 9.98. The lowest BCUT2D eigenvalue weighted by Crippen LogP contribution is -2.25. The minimum Gasteiger partial charge on any atom is -0.460 e. The average molecular weight is 1270 g/mol. The molecule has 0 radical (unpaired) electrons. The summed E-state index contributed by atoms with van der Waals surface area (Å²) >= 11 is 5.70. The zero-order valence-corrected chi connectivity index (χ0v) is 53.6. The summed E-state index contributed by atoms with van der Waals surface area (Å²) in [6.45, 7) is 10.9. The number of carbonyl (C=O) groups is 4. The first-order chi connectivity index (χ1) is 45.1. The van der Waals surface area contributed by atoms with Gasteiger partial charge in [-0.05, 0) is 184 Å². The molecule has 474 valence electrons. The van der Waals surface area contributed by atoms with Gasteiger partial charge in [-0.1, -0.05) is 35.9 Å². The van der Waals surface area contributed by atoms with Gasteiger partial charge in [0.2, 0.25) is 0 Å². The maximum absolute atomic E-state index is 12.3. The maximum atomic E-state index is 12.3. The third-order valence-corrected chi connectivity index (χ3v) is 14.1. The Bertz CT molecular complexity index is 4550. The van der Waals surface area contributed by atoms with Crippen LogP contribution in [0.2, 0.25) is 5.15 Å². The molecule has 12 rings (SSSR count). The Hall–Kier alpha value is -11.4. The van der Waals surface area contributed by atoms with E-state index in [4.69, 9.17) is 32.5 Å². The van der Waals surface area contributed by atoms with E-state index in [2.05, 4.69) is 103 Å². The van der Waals surface area contributed by atoms with Gasteiger partial charge in [-0.2, -0.15) is 0 Å². The first-order valence-corrected chi connectivity index (χ1v) is 30.2. The smallest absolute Gasteiger partial charge is 0.312 e. The summed E-state index contributed by atoms with van der Waals surface area (Å²) in [6.07, 6.45) is 25.4. The molecule has 2 unspecified atom stereocenters. The fourth-order valence-corrected chi connectivity index (χ4v) is 9.88. The Balaban J connectivity index is 0.000000155. The van der Waals surface area contributed by atoms with E-state index in [-0.39, 0.29) is 48.4 Å². The number of nitrogens with two attached hydrogens (primary N) is 2. The fourth-order valence-electron chi connectivity index (χ4n) is 9.70. The third-order valence-electron chi connectivity index (χ3n) is 13.9. The molecule has 0 saturated heterocycles. The van der Waals surface area contributed by atoms with Crippen LogP contribution in [0.1, 0.15) is 119 Å². The quantitative estimate of drug-likeness (QED) is 0.0488. The lowest BCUT2D eigenvalue weighted by molar-refractivity contribution is -0.155. The van der Waals surface area contributed by atoms with Crippen molar-refractivity contribution < 1.29 is 28.7 Å². The highest BCUT2D eigenvalue weighted by Gasteiger charge is 2.22. The van der Waals surface area contributed by atoms with Crippen LogP contribution in [0.4, 0.5) is 11.5 Å². The number of aromatic nitrogens is 11. The predicted molar refractivity (Wildman–Crippen MR) is 362 cm³/mol. The summed E-state index contributed by atoms with van der Waals surface area (Å²) in [6, 6.07) is 40.8. The van der Waals surface area contributed by atoms with Gasteiger partial charge in [-0.3, -0.25) is 59.0 Å². The molecular weight excluding hydrogens is 1200 g/mol. The van der Waals surface area contributed by atoms with Gasteiger partial charge in [-0.15, -0.1) is 0 Å². The molecule has 10 heterocycles. The van der Waals surface area contributed by atoms with Crippen LogP contribution in [0.5, 0.6) is 0 Å². The van der Waals surface area contributed by atoms with Gasteiger partial charge in [0.05, 0.1) is 47.3 Å². The average Bonchev–Trinajstić information content (AvgIpc) is 1.24. The Morgan fingerprint density at radius 1 is 0.521 bits per heavy atom. The molecule has 2 aromatic carbocycles. The molecule has 12 aromatic rings. The molecule has 0 spiro atoms. The molecule has 21 heteroatoms. The molecule has 0 aliphatic carbocycles. The number of fused-ring (bicyclic) bond motifs is 2. The number of aryl methyl sites for hydroxylation is 1. The summed E-state index contributed by atoms with van der Waals surface area (Å²) in [5.41, 5.74) is 24.1. The monoisotopic (exact) mass is 1270 g/mol. The molecule has 0 saturated carbocycles. The topological polar surface area (TPSA) is 285 Å². The van der Waals surface area contributed by atoms with E-state index in [1.165, 1.54) is 41.8 Å². The Labute approximate surface area is 549 Å². The molecule has 10 aromatic heterocycles. The first-order valence-electron chi connectivity index (χ1n) is 29.8. The SMILES string of the molecule is CC(C)(C)OC(=O)Cc1cc(C(=O)c2cccnc2)ccn1.CC(C)(C)OC(=O)Cc1cc(C(N)c2cccnc2)ccn1.Cn1ccc2ccc(-c3cc(NC(c4cccnc4)c4ccnc(N)c4)cc4nccnc34)cc21.O=C(c1cccnc1)c1ccnc(Cl)c1. The summed E-state index contributed by atoms with van der Waals surface area (Å²) < 4.78 is 12.7. The number of nitrogens with zero attached hydrogens (tertiary/aromatic N) is 11. The molecule has 0 aliphatic rings. The van der Waals surface area contributed by atoms with E-state index >= 15 is 0 Å². The van der Waals surface area contributed by atoms with E-state index < -0.39 is 11.2 Å². The summed E-state index contributed by atoms with van der Waals surface area (Å²) in [7, 11) is 2.06. The second kappa shape index (κ2) is 31.1. The number of anilines is 2. The van der Waals surface area contributed by atoms with Crippen LogP contribution >= 0.6 is 11.6 Å². The highest BCUT2D eigenvalue weighted by atomic mass is 35.5. The zero-order chi connectivity index (χ0) is 66.8. The number of hydrogen-bond acceptors (Lipinski definition) is 19. The number of nitrogens with one attached hydrogen (secondary N) is 1. The zero-order valence-electron chi connectivity index (χ0n) is 52.8. The van der Waals surface area contributed by atoms with Gasteiger partial charge in [0, 0.05) is 139 Å². The van der Waals surface area contributed by atoms with Crippen LogP contribution in [-0.2, 0) is 39.0 Å². The standard InChI is InChI=1S/C28H23N7.C17H21N3O2.C17H18N2O3.C11H7ClN2O/c1-35-12-7-18-4-5-19(13-25(18)35)23-15-22(16-24-28(23)33-11-10-31-24)34-27(21-3-2-8-30-17-21)20-6-9-32-26(29)14-20;1-17(2,3)22-15(21)10-14-9-12(6-8-20-14)16(18)13-5-4-7-19-11-13;1-17(2,3)22-15(20)10-14-9-12(6-8-19-14)16(21)13-5-4-7-18-11-13;12-10-6-8(3-5-14-10)11(15)9-2-1-4-13-7-9/h2-17,27,34H,1H3,(H2,29,32);4-9,11,16H,10,18H2,1-3H3;4-9,11H,10H2,1-3H3;1-7H. The van der Waals surface area contributed by atoms with Gasteiger partial charge >= 0.3 is 11.9 Å². The Kier molecular flexibility index (Phi) is 22.2. The number of pyridine rings is 8. The summed E-state index contributed by atoms with van der Waals surface area (Å²) in [5, 5.41) is 5.20. The predicted octanol–water partition coefficient (Wildman–Crippen LogP) is 12.7. The molecule has 5 N–H and O–H groups in total. The number of rotatable bonds is 15. The molecule has 94 heavy (non-hydrogen) atoms. The third kappa shape index (κ3) is 19.1. The van der Waals surface area contributed by atoms with Crippen LogP contribution in [0.3, 0.4) is 0 Å². The molecule has 2 atom stereocenters. The number of halogens is 1. The number of benzene rings is 2. The summed E-state index contributed by atoms with van der Waals surface area (Å²) in [4.78, 5) is 89.7. The van der Waals surface area contributed by atoms with E-state index in [1.807, 2.05) is 81.6 Å². The number of ketones is 2. The van der Waals surface area contributed by atoms with Crippen LogP contribution in [0, 0.1) is 0 Å². The van der Waals surface area contributed by atoms with Crippen LogP contribution in [0.25, 0.3) is 33.1 Å². The van der Waals surface area contributed by atoms with Gasteiger partial charge in [0.1, 0.15) is 22.2 Å². The molecule has 0 amide bonds. The second-order valence-corrected chi connectivity index (χ2v) is 23.8. The number of nitrogen functional groups attached to an aromatic ring is 1. The Morgan fingerprint density at radius 3 is 1.66 bits per heavy atom. The molecule has 0 fully saturated rings. The maximum Gasteiger partial charge on any atom is 0.312 e. The normalized spacial score (nSPS) is 11.7. The van der Waals surface area contributed by atoms with Crippen molar-refractivity contribution in [2.45, 2.75) is 77.7 Å². The van der Waals surface area contributed by atoms with Crippen molar-refractivity contribution in [1.82, 2.24) is 54.4 Å². The second-order valence-electron chi connectivity index (χ2n) is 23.4. The van der Waals surface area contributed by atoms with Crippen LogP contribution < -0.4 is 16.8 Å². The minimum atomic E-state index is -0.541. The van der Waals surface area contributed by atoms with Gasteiger partial charge in [0.25, 0.3) is 0 Å². The molecular formula is C73H69ClN14O6. The van der Waals surface area contributed by atoms with Crippen molar-refractivity contribution in [3.63, 3.8) is 0 Å². The van der Waals surface area contributed by atoms with Crippen LogP contribution in [0.15, 0.2) is 226 Å². The van der Waals surface area contributed by atoms with Crippen molar-refractivity contribution in [2.75, 3.05) is 11.1 Å². The van der Waals surface area contributed by atoms with Gasteiger partial charge in [-0.25, -0.2) is 9.97 Å². The number of hydrogen-bond donors (Lipinski definition) is 3. The first kappa shape index (κ1) is 67.1. The highest BCUT2D eigenvalue weighted by molar-refractivity contribution is 6.30. The minimum absolute atomic E-state index is 0.0332. The number of ether oxygens (including phenoxy) is 2. The van der Waals surface area contributed by atoms with E-state index in [0.717, 1.165) is 50.1 Å². The van der Waals surface area contributed by atoms with Crippen LogP contribution in [-0.4, -0.2) is 89.1 Å². The van der Waals surface area contributed by atoms with E-state index in [9.17, 15) is 19.2 Å². The van der Waals surface area contributed by atoms with Crippen molar-refractivity contribution in [1.29, 1.82) is 0 Å². The van der Waals surface area contributed by atoms with Crippen molar-refractivity contribution in [3.8, 4) is 11.1 Å². The number of carbonyl (C=O) groups excluding carboxylic acids is 4. The lowest BCUT2D eigenvalue weighted by Gasteiger charge is -2.22. The van der Waals surface area contributed by atoms with Gasteiger partial charge < -0.3 is 30.8 Å². The Morgan fingerprint density at radius 2 is 1.07 bits per heavy atom. The molecule has 20 nitrogen and oxygen atoms in total. The largest absolute Gasteiger partial charge is 0.460 e. The molecule has 0 bridgehead atoms. The highest BCUT2D eigenvalue weighted by Crippen LogP contribution is 2.35. The van der Waals surface area contributed by atoms with E-state index in [0.29, 0.717) is 44.6 Å². The molecule has 0 aliphatic heterocycles. The van der Waals surface area contributed by atoms with E-state index in [1.54, 1.807) is 119 Å². The van der Waals surface area contributed by atoms with Crippen molar-refractivity contribution in [3.05, 3.63) is 287 Å². The van der Waals surface area contributed by atoms with Crippen molar-refractivity contribution in [2.24, 2.45) is 12.8 Å². The number of esters is 2. The summed E-state index contributed by atoms with van der Waals surface area (Å²) in [5.74, 6) is -0.453. The van der Waals surface area contributed by atoms with Gasteiger partial charge in [0.15, 0.2) is 11.6 Å². The van der Waals surface area contributed by atoms with Crippen molar-refractivity contribution >= 4 is 68.5 Å². The fraction of sp³-hybridized carbons (Fsp3) is 0.178.